The summed E-state index contributed by atoms with van der Waals surface area (Å²) in [5.41, 5.74) is 0.873. The van der Waals surface area contributed by atoms with Gasteiger partial charge in [0.05, 0.1) is 12.7 Å². The Labute approximate surface area is 114 Å². The number of para-hydroxylation sites is 1. The van der Waals surface area contributed by atoms with Gasteiger partial charge in [0.15, 0.2) is 11.5 Å². The Morgan fingerprint density at radius 2 is 2.37 bits per heavy atom. The molecule has 4 nitrogen and oxygen atoms in total. The molecule has 1 heterocycles. The Morgan fingerprint density at radius 3 is 3.11 bits per heavy atom. The second kappa shape index (κ2) is 7.36. The smallest absolute Gasteiger partial charge is 0.162 e. The fraction of sp³-hybridized carbons (Fsp3) is 0.600. The Balaban J connectivity index is 1.77. The summed E-state index contributed by atoms with van der Waals surface area (Å²) >= 11 is 0. The van der Waals surface area contributed by atoms with Crippen LogP contribution in [0.15, 0.2) is 18.2 Å². The van der Waals surface area contributed by atoms with Crippen LogP contribution in [0, 0.1) is 0 Å². The van der Waals surface area contributed by atoms with Gasteiger partial charge in [-0.05, 0) is 38.8 Å². The van der Waals surface area contributed by atoms with Gasteiger partial charge in [0.25, 0.3) is 0 Å². The normalized spacial score (nSPS) is 18.7. The predicted molar refractivity (Wildman–Crippen MR) is 74.6 cm³/mol. The maximum atomic E-state index is 10.0. The summed E-state index contributed by atoms with van der Waals surface area (Å²) in [4.78, 5) is 0. The maximum absolute atomic E-state index is 10.0. The molecule has 1 aromatic rings. The first kappa shape index (κ1) is 14.2. The third-order valence-corrected chi connectivity index (χ3v) is 3.36. The van der Waals surface area contributed by atoms with Gasteiger partial charge in [-0.3, -0.25) is 0 Å². The molecule has 1 fully saturated rings. The fourth-order valence-electron chi connectivity index (χ4n) is 2.34. The van der Waals surface area contributed by atoms with Crippen LogP contribution in [-0.2, 0) is 11.3 Å². The minimum absolute atomic E-state index is 0.244. The van der Waals surface area contributed by atoms with Crippen LogP contribution in [0.3, 0.4) is 0 Å². The molecule has 0 spiro atoms. The Hall–Kier alpha value is -1.26. The van der Waals surface area contributed by atoms with Crippen LogP contribution in [0.2, 0.25) is 0 Å². The van der Waals surface area contributed by atoms with Crippen molar-refractivity contribution in [2.75, 3.05) is 19.8 Å². The van der Waals surface area contributed by atoms with Crippen LogP contribution in [0.4, 0.5) is 0 Å². The molecule has 19 heavy (non-hydrogen) atoms. The van der Waals surface area contributed by atoms with Crippen molar-refractivity contribution in [2.45, 2.75) is 38.8 Å². The van der Waals surface area contributed by atoms with Crippen molar-refractivity contribution in [1.29, 1.82) is 0 Å². The molecular weight excluding hydrogens is 242 g/mol. The minimum Gasteiger partial charge on any atom is -0.504 e. The molecule has 0 bridgehead atoms. The first-order valence-corrected chi connectivity index (χ1v) is 7.07. The van der Waals surface area contributed by atoms with E-state index in [1.54, 1.807) is 6.07 Å². The second-order valence-electron chi connectivity index (χ2n) is 4.80. The fourth-order valence-corrected chi connectivity index (χ4v) is 2.34. The highest BCUT2D eigenvalue weighted by atomic mass is 16.5. The van der Waals surface area contributed by atoms with E-state index in [1.165, 1.54) is 12.8 Å². The number of phenolic OH excluding ortho intramolecular Hbond substituents is 1. The number of hydrogen-bond acceptors (Lipinski definition) is 4. The van der Waals surface area contributed by atoms with E-state index in [9.17, 15) is 5.11 Å². The largest absolute Gasteiger partial charge is 0.504 e. The molecule has 2 N–H and O–H groups in total. The molecule has 0 aliphatic carbocycles. The highest BCUT2D eigenvalue weighted by Crippen LogP contribution is 2.29. The minimum atomic E-state index is 0.244. The van der Waals surface area contributed by atoms with Crippen molar-refractivity contribution in [3.05, 3.63) is 23.8 Å². The first-order valence-electron chi connectivity index (χ1n) is 7.07. The molecule has 2 rings (SSSR count). The SMILES string of the molecule is CCOc1cccc(CNCCC2CCCO2)c1O. The van der Waals surface area contributed by atoms with E-state index in [2.05, 4.69) is 5.32 Å². The monoisotopic (exact) mass is 265 g/mol. The average molecular weight is 265 g/mol. The van der Waals surface area contributed by atoms with Crippen LogP contribution in [-0.4, -0.2) is 31.0 Å². The lowest BCUT2D eigenvalue weighted by molar-refractivity contribution is 0.104. The van der Waals surface area contributed by atoms with Crippen molar-refractivity contribution >= 4 is 0 Å². The number of rotatable bonds is 7. The number of nitrogens with one attached hydrogen (secondary N) is 1. The number of ether oxygens (including phenoxy) is 2. The zero-order valence-electron chi connectivity index (χ0n) is 11.5. The summed E-state index contributed by atoms with van der Waals surface area (Å²) in [6.07, 6.45) is 3.80. The van der Waals surface area contributed by atoms with E-state index in [1.807, 2.05) is 19.1 Å². The Morgan fingerprint density at radius 1 is 1.47 bits per heavy atom. The Bertz CT molecular complexity index is 389. The van der Waals surface area contributed by atoms with E-state index < -0.39 is 0 Å². The van der Waals surface area contributed by atoms with Crippen LogP contribution in [0.5, 0.6) is 11.5 Å². The van der Waals surface area contributed by atoms with Gasteiger partial charge in [0, 0.05) is 18.7 Å². The number of phenols is 1. The van der Waals surface area contributed by atoms with Crippen molar-refractivity contribution in [2.24, 2.45) is 0 Å². The molecule has 1 saturated heterocycles. The Kier molecular flexibility index (Phi) is 5.48. The molecule has 1 atom stereocenters. The topological polar surface area (TPSA) is 50.7 Å². The summed E-state index contributed by atoms with van der Waals surface area (Å²) in [7, 11) is 0. The zero-order chi connectivity index (χ0) is 13.5. The van der Waals surface area contributed by atoms with Gasteiger partial charge in [-0.1, -0.05) is 12.1 Å². The van der Waals surface area contributed by atoms with Gasteiger partial charge in [0.1, 0.15) is 0 Å². The van der Waals surface area contributed by atoms with Crippen molar-refractivity contribution < 1.29 is 14.6 Å². The molecule has 0 saturated carbocycles. The van der Waals surface area contributed by atoms with Crippen molar-refractivity contribution in [3.8, 4) is 11.5 Å². The standard InChI is InChI=1S/C15H23NO3/c1-2-18-14-7-3-5-12(15(14)17)11-16-9-8-13-6-4-10-19-13/h3,5,7,13,16-17H,2,4,6,8-11H2,1H3. The van der Waals surface area contributed by atoms with Crippen LogP contribution in [0.25, 0.3) is 0 Å². The van der Waals surface area contributed by atoms with E-state index in [4.69, 9.17) is 9.47 Å². The molecule has 106 valence electrons. The van der Waals surface area contributed by atoms with E-state index in [0.29, 0.717) is 25.0 Å². The third kappa shape index (κ3) is 4.11. The molecule has 4 heteroatoms. The van der Waals surface area contributed by atoms with E-state index >= 15 is 0 Å². The van der Waals surface area contributed by atoms with Gasteiger partial charge in [0.2, 0.25) is 0 Å². The number of aromatic hydroxyl groups is 1. The van der Waals surface area contributed by atoms with Crippen LogP contribution in [0.1, 0.15) is 31.7 Å². The van der Waals surface area contributed by atoms with Gasteiger partial charge < -0.3 is 19.9 Å². The summed E-state index contributed by atoms with van der Waals surface area (Å²) in [6, 6.07) is 5.60. The molecule has 1 aromatic carbocycles. The summed E-state index contributed by atoms with van der Waals surface area (Å²) < 4.78 is 10.9. The summed E-state index contributed by atoms with van der Waals surface area (Å²) in [5, 5.41) is 13.4. The van der Waals surface area contributed by atoms with Crippen LogP contribution >= 0.6 is 0 Å². The highest BCUT2D eigenvalue weighted by molar-refractivity contribution is 5.45. The van der Waals surface area contributed by atoms with Gasteiger partial charge in [-0.2, -0.15) is 0 Å². The lowest BCUT2D eigenvalue weighted by Crippen LogP contribution is -2.19. The zero-order valence-corrected chi connectivity index (χ0v) is 11.5. The molecule has 1 aliphatic rings. The van der Waals surface area contributed by atoms with Crippen LogP contribution < -0.4 is 10.1 Å². The lowest BCUT2D eigenvalue weighted by atomic mass is 10.1. The van der Waals surface area contributed by atoms with Gasteiger partial charge in [-0.25, -0.2) is 0 Å². The van der Waals surface area contributed by atoms with E-state index in [0.717, 1.165) is 25.1 Å². The first-order chi connectivity index (χ1) is 9.31. The molecule has 0 radical (unpaired) electrons. The quantitative estimate of drug-likeness (QED) is 0.744. The van der Waals surface area contributed by atoms with Crippen molar-refractivity contribution in [1.82, 2.24) is 5.32 Å². The molecule has 1 aliphatic heterocycles. The summed E-state index contributed by atoms with van der Waals surface area (Å²) in [6.45, 7) is 4.93. The van der Waals surface area contributed by atoms with E-state index in [-0.39, 0.29) is 5.75 Å². The van der Waals surface area contributed by atoms with Gasteiger partial charge in [-0.15, -0.1) is 0 Å². The predicted octanol–water partition coefficient (Wildman–Crippen LogP) is 2.45. The summed E-state index contributed by atoms with van der Waals surface area (Å²) in [5.74, 6) is 0.801. The van der Waals surface area contributed by atoms with Crippen molar-refractivity contribution in [3.63, 3.8) is 0 Å². The maximum Gasteiger partial charge on any atom is 0.162 e. The number of benzene rings is 1. The highest BCUT2D eigenvalue weighted by Gasteiger charge is 2.14. The molecule has 1 unspecified atom stereocenters. The lowest BCUT2D eigenvalue weighted by Gasteiger charge is -2.12. The molecule has 0 aromatic heterocycles. The number of hydrogen-bond donors (Lipinski definition) is 2. The van der Waals surface area contributed by atoms with Gasteiger partial charge >= 0.3 is 0 Å². The second-order valence-corrected chi connectivity index (χ2v) is 4.80. The average Bonchev–Trinajstić information content (AvgIpc) is 2.92. The molecular formula is C15H23NO3. The molecule has 0 amide bonds. The third-order valence-electron chi connectivity index (χ3n) is 3.36.